The first-order valence-electron chi connectivity index (χ1n) is 16.5. The normalized spacial score (nSPS) is 12.1. The van der Waals surface area contributed by atoms with Gasteiger partial charge in [0.1, 0.15) is 11.2 Å². The highest BCUT2D eigenvalue weighted by atomic mass is 16.3. The van der Waals surface area contributed by atoms with E-state index >= 15 is 0 Å². The number of hydrogen-bond donors (Lipinski definition) is 0. The summed E-state index contributed by atoms with van der Waals surface area (Å²) in [7, 11) is 0. The van der Waals surface area contributed by atoms with E-state index in [1.54, 1.807) is 0 Å². The topological polar surface area (TPSA) is 13.1 Å². The van der Waals surface area contributed by atoms with Crippen LogP contribution in [-0.4, -0.2) is 0 Å². The minimum absolute atomic E-state index is 0.0788. The number of furan rings is 1. The standard InChI is InChI=1S/C47H32O/c1-2-10-32(11-3-1)38-14-8-15-39(30-38)33-20-24-36(25-21-33)47(43-18-9-13-35-12-4-5-16-41(35)43)37-26-22-34(23-27-37)40-28-29-46-44(31-40)42-17-6-7-19-45(42)48-46/h1-31,47H. The Morgan fingerprint density at radius 1 is 0.312 bits per heavy atom. The van der Waals surface area contributed by atoms with E-state index in [0.29, 0.717) is 0 Å². The van der Waals surface area contributed by atoms with Gasteiger partial charge < -0.3 is 4.42 Å². The van der Waals surface area contributed by atoms with Crippen LogP contribution in [-0.2, 0) is 0 Å². The van der Waals surface area contributed by atoms with Crippen molar-refractivity contribution in [3.8, 4) is 33.4 Å². The fraction of sp³-hybridized carbons (Fsp3) is 0.0213. The third-order valence-corrected chi connectivity index (χ3v) is 9.64. The largest absolute Gasteiger partial charge is 0.456 e. The summed E-state index contributed by atoms with van der Waals surface area (Å²) < 4.78 is 6.09. The summed E-state index contributed by atoms with van der Waals surface area (Å²) in [6.45, 7) is 0. The van der Waals surface area contributed by atoms with E-state index in [-0.39, 0.29) is 5.92 Å². The molecule has 1 nitrogen and oxygen atoms in total. The van der Waals surface area contributed by atoms with Crippen LogP contribution >= 0.6 is 0 Å². The molecule has 0 aliphatic carbocycles. The van der Waals surface area contributed by atoms with Crippen LogP contribution in [0.5, 0.6) is 0 Å². The third kappa shape index (κ3) is 5.07. The average molecular weight is 613 g/mol. The quantitative estimate of drug-likeness (QED) is 0.170. The zero-order valence-electron chi connectivity index (χ0n) is 26.4. The first-order chi connectivity index (χ1) is 23.8. The van der Waals surface area contributed by atoms with Gasteiger partial charge in [0.25, 0.3) is 0 Å². The van der Waals surface area contributed by atoms with Gasteiger partial charge in [-0.05, 0) is 85.1 Å². The summed E-state index contributed by atoms with van der Waals surface area (Å²) in [6.07, 6.45) is 0. The zero-order valence-corrected chi connectivity index (χ0v) is 26.4. The maximum atomic E-state index is 6.09. The highest BCUT2D eigenvalue weighted by molar-refractivity contribution is 6.06. The highest BCUT2D eigenvalue weighted by Gasteiger charge is 2.20. The van der Waals surface area contributed by atoms with Crippen molar-refractivity contribution in [1.29, 1.82) is 0 Å². The lowest BCUT2D eigenvalue weighted by Crippen LogP contribution is -2.04. The molecule has 1 aromatic heterocycles. The molecule has 9 rings (SSSR count). The van der Waals surface area contributed by atoms with Gasteiger partial charge in [-0.2, -0.15) is 0 Å². The second kappa shape index (κ2) is 11.9. The van der Waals surface area contributed by atoms with Crippen LogP contribution in [0.4, 0.5) is 0 Å². The van der Waals surface area contributed by atoms with Crippen molar-refractivity contribution in [2.75, 3.05) is 0 Å². The van der Waals surface area contributed by atoms with Crippen LogP contribution in [0, 0.1) is 0 Å². The van der Waals surface area contributed by atoms with E-state index in [9.17, 15) is 0 Å². The van der Waals surface area contributed by atoms with Crippen molar-refractivity contribution in [3.05, 3.63) is 205 Å². The number of fused-ring (bicyclic) bond motifs is 4. The Morgan fingerprint density at radius 2 is 0.812 bits per heavy atom. The number of hydrogen-bond acceptors (Lipinski definition) is 1. The Balaban J connectivity index is 1.11. The lowest BCUT2D eigenvalue weighted by molar-refractivity contribution is 0.669. The fourth-order valence-electron chi connectivity index (χ4n) is 7.20. The number of rotatable bonds is 6. The predicted molar refractivity (Wildman–Crippen MR) is 201 cm³/mol. The number of para-hydroxylation sites is 1. The van der Waals surface area contributed by atoms with Gasteiger partial charge >= 0.3 is 0 Å². The van der Waals surface area contributed by atoms with Gasteiger partial charge in [0.05, 0.1) is 0 Å². The Labute approximate surface area is 280 Å². The Bertz CT molecular complexity index is 2530. The molecule has 1 atom stereocenters. The summed E-state index contributed by atoms with van der Waals surface area (Å²) in [5.74, 6) is 0.0788. The van der Waals surface area contributed by atoms with Gasteiger partial charge in [0.15, 0.2) is 0 Å². The molecule has 1 heterocycles. The average Bonchev–Trinajstić information content (AvgIpc) is 3.54. The summed E-state index contributed by atoms with van der Waals surface area (Å²) in [6, 6.07) is 67.9. The molecule has 9 aromatic rings. The molecule has 0 aliphatic heterocycles. The van der Waals surface area contributed by atoms with Crippen molar-refractivity contribution in [1.82, 2.24) is 0 Å². The second-order valence-electron chi connectivity index (χ2n) is 12.5. The van der Waals surface area contributed by atoms with Crippen LogP contribution in [0.3, 0.4) is 0 Å². The Kier molecular flexibility index (Phi) is 6.95. The zero-order chi connectivity index (χ0) is 31.9. The van der Waals surface area contributed by atoms with E-state index in [1.165, 1.54) is 60.8 Å². The highest BCUT2D eigenvalue weighted by Crippen LogP contribution is 2.39. The minimum Gasteiger partial charge on any atom is -0.456 e. The monoisotopic (exact) mass is 612 g/mol. The van der Waals surface area contributed by atoms with Gasteiger partial charge in [-0.25, -0.2) is 0 Å². The van der Waals surface area contributed by atoms with Crippen molar-refractivity contribution in [3.63, 3.8) is 0 Å². The predicted octanol–water partition coefficient (Wildman–Crippen LogP) is 12.9. The summed E-state index contributed by atoms with van der Waals surface area (Å²) in [5.41, 5.74) is 13.0. The molecule has 0 bridgehead atoms. The van der Waals surface area contributed by atoms with Gasteiger partial charge in [0, 0.05) is 16.7 Å². The van der Waals surface area contributed by atoms with Crippen LogP contribution < -0.4 is 0 Å². The smallest absolute Gasteiger partial charge is 0.135 e. The van der Waals surface area contributed by atoms with E-state index in [0.717, 1.165) is 21.9 Å². The molecule has 0 spiro atoms. The number of benzene rings is 8. The van der Waals surface area contributed by atoms with E-state index in [2.05, 4.69) is 176 Å². The van der Waals surface area contributed by atoms with Gasteiger partial charge in [-0.1, -0.05) is 164 Å². The maximum Gasteiger partial charge on any atom is 0.135 e. The molecule has 226 valence electrons. The minimum atomic E-state index is 0.0788. The molecule has 0 radical (unpaired) electrons. The van der Waals surface area contributed by atoms with Crippen molar-refractivity contribution in [2.24, 2.45) is 0 Å². The van der Waals surface area contributed by atoms with Crippen molar-refractivity contribution >= 4 is 32.7 Å². The molecule has 0 saturated heterocycles. The van der Waals surface area contributed by atoms with E-state index in [1.807, 2.05) is 12.1 Å². The fourth-order valence-corrected chi connectivity index (χ4v) is 7.20. The van der Waals surface area contributed by atoms with Gasteiger partial charge in [0.2, 0.25) is 0 Å². The van der Waals surface area contributed by atoms with Crippen LogP contribution in [0.1, 0.15) is 22.6 Å². The summed E-state index contributed by atoms with van der Waals surface area (Å²) >= 11 is 0. The molecular weight excluding hydrogens is 581 g/mol. The lowest BCUT2D eigenvalue weighted by atomic mass is 9.82. The molecule has 0 saturated carbocycles. The first-order valence-corrected chi connectivity index (χ1v) is 16.5. The lowest BCUT2D eigenvalue weighted by Gasteiger charge is -2.22. The van der Waals surface area contributed by atoms with E-state index in [4.69, 9.17) is 4.42 Å². The molecule has 0 N–H and O–H groups in total. The van der Waals surface area contributed by atoms with Crippen LogP contribution in [0.2, 0.25) is 0 Å². The second-order valence-corrected chi connectivity index (χ2v) is 12.5. The SMILES string of the molecule is c1ccc(-c2cccc(-c3ccc(C(c4ccc(-c5ccc6oc7ccccc7c6c5)cc4)c4cccc5ccccc45)cc3)c2)cc1. The summed E-state index contributed by atoms with van der Waals surface area (Å²) in [5, 5.41) is 4.84. The molecule has 1 heteroatoms. The first kappa shape index (κ1) is 28.1. The molecule has 0 amide bonds. The molecular formula is C47H32O. The van der Waals surface area contributed by atoms with Crippen molar-refractivity contribution < 1.29 is 4.42 Å². The van der Waals surface area contributed by atoms with Crippen LogP contribution in [0.25, 0.3) is 66.1 Å². The molecule has 8 aromatic carbocycles. The Morgan fingerprint density at radius 3 is 1.54 bits per heavy atom. The molecule has 48 heavy (non-hydrogen) atoms. The van der Waals surface area contributed by atoms with Crippen molar-refractivity contribution in [2.45, 2.75) is 5.92 Å². The van der Waals surface area contributed by atoms with Gasteiger partial charge in [-0.15, -0.1) is 0 Å². The molecule has 0 fully saturated rings. The molecule has 0 aliphatic rings. The summed E-state index contributed by atoms with van der Waals surface area (Å²) in [4.78, 5) is 0. The van der Waals surface area contributed by atoms with E-state index < -0.39 is 0 Å². The maximum absolute atomic E-state index is 6.09. The third-order valence-electron chi connectivity index (χ3n) is 9.64. The van der Waals surface area contributed by atoms with Crippen LogP contribution in [0.15, 0.2) is 192 Å². The Hall–Kier alpha value is -6.18. The molecule has 1 unspecified atom stereocenters. The van der Waals surface area contributed by atoms with Gasteiger partial charge in [-0.3, -0.25) is 0 Å².